The van der Waals surface area contributed by atoms with Crippen LogP contribution in [0.3, 0.4) is 0 Å². The summed E-state index contributed by atoms with van der Waals surface area (Å²) in [6.07, 6.45) is 1.92. The van der Waals surface area contributed by atoms with E-state index >= 15 is 0 Å². The Kier molecular flexibility index (Phi) is 11.3. The second kappa shape index (κ2) is 14.5. The van der Waals surface area contributed by atoms with Crippen molar-refractivity contribution in [1.82, 2.24) is 15.5 Å². The fourth-order valence-electron chi connectivity index (χ4n) is 8.56. The second-order valence-corrected chi connectivity index (χ2v) is 23.5. The molecule has 2 amide bonds. The number of amides is 2. The average molecular weight is 744 g/mol. The van der Waals surface area contributed by atoms with E-state index in [1.165, 1.54) is 13.2 Å². The molecule has 290 valence electrons. The summed E-state index contributed by atoms with van der Waals surface area (Å²) < 4.78 is 31.5. The second-order valence-electron chi connectivity index (χ2n) is 18.7. The SMILES string of the molecule is COc1c(CC(NC(=O)CN2CCC(NC(=O)OC(C)(C)C)C(O[Si](C)(C)C(C)(C)C)C2)B2OC3CC4CC(C4(C)C)C3(C)O2)cccc1C(=O)O. The zero-order valence-corrected chi connectivity index (χ0v) is 34.4. The van der Waals surface area contributed by atoms with E-state index < -0.39 is 44.6 Å². The minimum absolute atomic E-state index is 0.0529. The van der Waals surface area contributed by atoms with Gasteiger partial charge in [0.05, 0.1) is 43.4 Å². The van der Waals surface area contributed by atoms with Crippen molar-refractivity contribution in [2.75, 3.05) is 26.7 Å². The maximum atomic E-state index is 14.0. The maximum Gasteiger partial charge on any atom is 0.482 e. The van der Waals surface area contributed by atoms with Gasteiger partial charge in [-0.3, -0.25) is 9.69 Å². The molecule has 0 spiro atoms. The van der Waals surface area contributed by atoms with Crippen molar-refractivity contribution in [3.8, 4) is 5.75 Å². The highest BCUT2D eigenvalue weighted by Gasteiger charge is 2.68. The van der Waals surface area contributed by atoms with Gasteiger partial charge in [0.1, 0.15) is 16.9 Å². The first kappa shape index (κ1) is 40.5. The van der Waals surface area contributed by atoms with E-state index in [9.17, 15) is 19.5 Å². The van der Waals surface area contributed by atoms with Gasteiger partial charge < -0.3 is 38.9 Å². The van der Waals surface area contributed by atoms with Crippen molar-refractivity contribution in [1.29, 1.82) is 0 Å². The molecular weight excluding hydrogens is 681 g/mol. The molecular formula is C38H62BN3O9Si. The lowest BCUT2D eigenvalue weighted by Gasteiger charge is -2.64. The number of carboxylic acid groups (broad SMARTS) is 1. The molecule has 1 aromatic carbocycles. The molecule has 12 nitrogen and oxygen atoms in total. The summed E-state index contributed by atoms with van der Waals surface area (Å²) in [5.74, 6) is -0.758. The molecule has 2 aliphatic heterocycles. The summed E-state index contributed by atoms with van der Waals surface area (Å²) in [5.41, 5.74) is -0.281. The lowest BCUT2D eigenvalue weighted by atomic mass is 9.43. The van der Waals surface area contributed by atoms with Gasteiger partial charge in [0.2, 0.25) is 5.91 Å². The molecule has 6 rings (SSSR count). The first-order chi connectivity index (χ1) is 23.9. The van der Waals surface area contributed by atoms with Crippen molar-refractivity contribution in [3.05, 3.63) is 29.3 Å². The van der Waals surface area contributed by atoms with Crippen LogP contribution in [0.4, 0.5) is 4.79 Å². The molecule has 5 fully saturated rings. The molecule has 3 N–H and O–H groups in total. The van der Waals surface area contributed by atoms with Crippen LogP contribution in [0.1, 0.15) is 97.5 Å². The summed E-state index contributed by atoms with van der Waals surface area (Å²) in [4.78, 5) is 41.0. The van der Waals surface area contributed by atoms with Crippen LogP contribution in [0.15, 0.2) is 18.2 Å². The molecule has 7 atom stereocenters. The Morgan fingerprint density at radius 1 is 1.12 bits per heavy atom. The van der Waals surface area contributed by atoms with Gasteiger partial charge in [-0.2, -0.15) is 0 Å². The summed E-state index contributed by atoms with van der Waals surface area (Å²) in [7, 11) is -1.53. The van der Waals surface area contributed by atoms with Crippen LogP contribution in [0.2, 0.25) is 18.1 Å². The maximum absolute atomic E-state index is 14.0. The van der Waals surface area contributed by atoms with Gasteiger partial charge in [0, 0.05) is 13.1 Å². The standard InChI is InChI=1S/C38H62BN3O9Si/c1-35(2,3)48-34(46)40-26-16-17-42(21-27(26)50-52(11,12)36(4,5)6)22-31(43)41-30(18-23-14-13-15-25(33(44)45)32(23)47-10)39-49-29-20-24-19-28(37(24,7)8)38(29,9)51-39/h13-15,24,26-30H,16-22H2,1-12H3,(H,40,46)(H,41,43)(H,44,45). The molecule has 3 saturated carbocycles. The van der Waals surface area contributed by atoms with E-state index in [1.807, 2.05) is 26.8 Å². The fraction of sp³-hybridized carbons (Fsp3) is 0.763. The Bertz CT molecular complexity index is 1510. The number of nitrogens with zero attached hydrogens (tertiary/aromatic N) is 1. The number of piperidine rings is 1. The molecule has 2 saturated heterocycles. The average Bonchev–Trinajstić information content (AvgIpc) is 3.37. The Hall–Kier alpha value is -2.65. The topological polar surface area (TPSA) is 145 Å². The number of aromatic carboxylic acids is 1. The summed E-state index contributed by atoms with van der Waals surface area (Å²) in [6.45, 7) is 24.3. The number of para-hydroxylation sites is 1. The van der Waals surface area contributed by atoms with Crippen molar-refractivity contribution < 1.29 is 42.7 Å². The van der Waals surface area contributed by atoms with E-state index in [-0.39, 0.29) is 58.9 Å². The monoisotopic (exact) mass is 743 g/mol. The van der Waals surface area contributed by atoms with E-state index in [2.05, 4.69) is 70.2 Å². The molecule has 2 heterocycles. The molecule has 3 aliphatic carbocycles. The van der Waals surface area contributed by atoms with E-state index in [0.29, 0.717) is 36.9 Å². The normalized spacial score (nSPS) is 29.4. The Balaban J connectivity index is 1.35. The van der Waals surface area contributed by atoms with E-state index in [0.717, 1.165) is 12.8 Å². The highest BCUT2D eigenvalue weighted by molar-refractivity contribution is 6.74. The lowest BCUT2D eigenvalue weighted by molar-refractivity contribution is -0.199. The number of carboxylic acids is 1. The van der Waals surface area contributed by atoms with Crippen molar-refractivity contribution in [2.45, 2.75) is 142 Å². The number of benzene rings is 1. The number of carbonyl (C=O) groups is 3. The van der Waals surface area contributed by atoms with Crippen LogP contribution in [-0.2, 0) is 29.7 Å². The van der Waals surface area contributed by atoms with Crippen LogP contribution in [0, 0.1) is 17.3 Å². The van der Waals surface area contributed by atoms with Gasteiger partial charge in [0.15, 0.2) is 8.32 Å². The number of hydrogen-bond donors (Lipinski definition) is 3. The van der Waals surface area contributed by atoms with Gasteiger partial charge in [-0.05, 0) is 100 Å². The third-order valence-electron chi connectivity index (χ3n) is 12.6. The van der Waals surface area contributed by atoms with Crippen LogP contribution in [-0.4, -0.2) is 106 Å². The smallest absolute Gasteiger partial charge is 0.482 e. The number of methoxy groups -OCH3 is 1. The molecule has 1 aromatic rings. The number of ether oxygens (including phenoxy) is 2. The quantitative estimate of drug-likeness (QED) is 0.242. The highest BCUT2D eigenvalue weighted by Crippen LogP contribution is 2.65. The van der Waals surface area contributed by atoms with Crippen molar-refractivity contribution >= 4 is 33.4 Å². The third kappa shape index (κ3) is 8.35. The Morgan fingerprint density at radius 2 is 1.81 bits per heavy atom. The fourth-order valence-corrected chi connectivity index (χ4v) is 9.91. The largest absolute Gasteiger partial charge is 0.496 e. The molecule has 0 radical (unpaired) electrons. The minimum atomic E-state index is -2.25. The summed E-state index contributed by atoms with van der Waals surface area (Å²) >= 11 is 0. The van der Waals surface area contributed by atoms with Gasteiger partial charge in [0.25, 0.3) is 0 Å². The lowest BCUT2D eigenvalue weighted by Crippen LogP contribution is -2.65. The third-order valence-corrected chi connectivity index (χ3v) is 17.1. The van der Waals surface area contributed by atoms with E-state index in [4.69, 9.17) is 23.2 Å². The molecule has 14 heteroatoms. The molecule has 2 bridgehead atoms. The highest BCUT2D eigenvalue weighted by atomic mass is 28.4. The zero-order chi connectivity index (χ0) is 38.6. The number of rotatable bonds is 11. The van der Waals surface area contributed by atoms with Crippen molar-refractivity contribution in [2.24, 2.45) is 17.3 Å². The Labute approximate surface area is 311 Å². The van der Waals surface area contributed by atoms with Gasteiger partial charge in [-0.1, -0.05) is 46.8 Å². The molecule has 52 heavy (non-hydrogen) atoms. The number of nitrogens with one attached hydrogen (secondary N) is 2. The predicted octanol–water partition coefficient (Wildman–Crippen LogP) is 5.68. The first-order valence-corrected chi connectivity index (χ1v) is 21.8. The predicted molar refractivity (Wildman–Crippen MR) is 202 cm³/mol. The van der Waals surface area contributed by atoms with Crippen LogP contribution < -0.4 is 15.4 Å². The Morgan fingerprint density at radius 3 is 2.40 bits per heavy atom. The molecule has 0 aromatic heterocycles. The van der Waals surface area contributed by atoms with Crippen LogP contribution in [0.25, 0.3) is 0 Å². The van der Waals surface area contributed by atoms with E-state index in [1.54, 1.807) is 6.07 Å². The number of likely N-dealkylation sites (tertiary alicyclic amines) is 1. The number of carbonyl (C=O) groups excluding carboxylic acids is 2. The van der Waals surface area contributed by atoms with Crippen LogP contribution in [0.5, 0.6) is 5.75 Å². The number of alkyl carbamates (subject to hydrolysis) is 1. The van der Waals surface area contributed by atoms with Crippen LogP contribution >= 0.6 is 0 Å². The van der Waals surface area contributed by atoms with Gasteiger partial charge >= 0.3 is 19.2 Å². The zero-order valence-electron chi connectivity index (χ0n) is 33.4. The minimum Gasteiger partial charge on any atom is -0.496 e. The van der Waals surface area contributed by atoms with Gasteiger partial charge in [-0.25, -0.2) is 9.59 Å². The molecule has 5 aliphatic rings. The molecule has 7 unspecified atom stereocenters. The number of hydrogen-bond acceptors (Lipinski definition) is 9. The van der Waals surface area contributed by atoms with Crippen molar-refractivity contribution in [3.63, 3.8) is 0 Å². The first-order valence-electron chi connectivity index (χ1n) is 18.9. The summed E-state index contributed by atoms with van der Waals surface area (Å²) in [6, 6.07) is 4.74. The summed E-state index contributed by atoms with van der Waals surface area (Å²) in [5, 5.41) is 16.1. The van der Waals surface area contributed by atoms with Gasteiger partial charge in [-0.15, -0.1) is 0 Å².